The van der Waals surface area contributed by atoms with Crippen LogP contribution in [-0.2, 0) is 11.9 Å². The molecule has 2 aliphatic rings. The molecular weight excluding hydrogens is 411 g/mol. The van der Waals surface area contributed by atoms with E-state index < -0.39 is 11.4 Å². The molecule has 8 heteroatoms. The topological polar surface area (TPSA) is 75.6 Å². The van der Waals surface area contributed by atoms with Crippen LogP contribution in [-0.4, -0.2) is 40.3 Å². The van der Waals surface area contributed by atoms with Gasteiger partial charge < -0.3 is 15.2 Å². The Hall–Kier alpha value is -2.71. The van der Waals surface area contributed by atoms with Crippen molar-refractivity contribution in [1.29, 1.82) is 0 Å². The van der Waals surface area contributed by atoms with Crippen LogP contribution in [0.3, 0.4) is 0 Å². The van der Waals surface area contributed by atoms with Gasteiger partial charge in [0.25, 0.3) is 11.5 Å². The van der Waals surface area contributed by atoms with Crippen molar-refractivity contribution in [2.24, 2.45) is 7.05 Å². The number of piperidine rings is 1. The molecule has 174 valence electrons. The standard InChI is InChI=1S/C22H27FN4O3.C2H6/c1-14-7-8-17(16(23)10-14)25-18-11-20(28)26(3)12-15(18)21(29)27-13-22(2,30-27)19-6-4-5-9-24-19;1-2/h7-8,10-12,19,24-25H,4-6,9,13H2,1-3H3;1-2H3. The first kappa shape index (κ1) is 23.9. The van der Waals surface area contributed by atoms with Crippen LogP contribution in [0.15, 0.2) is 35.3 Å². The zero-order valence-electron chi connectivity index (χ0n) is 19.5. The number of hydroxylamine groups is 2. The lowest BCUT2D eigenvalue weighted by Gasteiger charge is -2.51. The molecule has 7 nitrogen and oxygen atoms in total. The quantitative estimate of drug-likeness (QED) is 0.748. The number of nitrogens with zero attached hydrogens (tertiary/aromatic N) is 2. The molecule has 0 spiro atoms. The van der Waals surface area contributed by atoms with Gasteiger partial charge in [0, 0.05) is 25.4 Å². The maximum absolute atomic E-state index is 14.3. The lowest BCUT2D eigenvalue weighted by molar-refractivity contribution is -0.324. The molecular formula is C24H33FN4O3. The number of hydrogen-bond donors (Lipinski definition) is 2. The van der Waals surface area contributed by atoms with Gasteiger partial charge in [0.1, 0.15) is 11.4 Å². The van der Waals surface area contributed by atoms with Gasteiger partial charge in [0.05, 0.1) is 23.5 Å². The Morgan fingerprint density at radius 2 is 1.97 bits per heavy atom. The molecule has 0 radical (unpaired) electrons. The fourth-order valence-corrected chi connectivity index (χ4v) is 4.09. The van der Waals surface area contributed by atoms with Crippen molar-refractivity contribution in [3.8, 4) is 0 Å². The highest BCUT2D eigenvalue weighted by molar-refractivity contribution is 5.99. The van der Waals surface area contributed by atoms with Gasteiger partial charge in [-0.3, -0.25) is 14.4 Å². The highest BCUT2D eigenvalue weighted by Crippen LogP contribution is 2.34. The predicted molar refractivity (Wildman–Crippen MR) is 124 cm³/mol. The smallest absolute Gasteiger partial charge is 0.281 e. The monoisotopic (exact) mass is 444 g/mol. The summed E-state index contributed by atoms with van der Waals surface area (Å²) in [5.41, 5.74) is 0.733. The van der Waals surface area contributed by atoms with Gasteiger partial charge >= 0.3 is 0 Å². The molecule has 2 atom stereocenters. The van der Waals surface area contributed by atoms with Gasteiger partial charge in [-0.15, -0.1) is 0 Å². The van der Waals surface area contributed by atoms with Crippen LogP contribution >= 0.6 is 0 Å². The molecule has 0 bridgehead atoms. The van der Waals surface area contributed by atoms with Crippen LogP contribution in [0.4, 0.5) is 15.8 Å². The lowest BCUT2D eigenvalue weighted by atomic mass is 9.87. The molecule has 2 fully saturated rings. The minimum absolute atomic E-state index is 0.198. The van der Waals surface area contributed by atoms with Crippen molar-refractivity contribution in [3.63, 3.8) is 0 Å². The van der Waals surface area contributed by atoms with E-state index in [4.69, 9.17) is 4.84 Å². The summed E-state index contributed by atoms with van der Waals surface area (Å²) >= 11 is 0. The van der Waals surface area contributed by atoms with E-state index in [1.165, 1.54) is 28.0 Å². The van der Waals surface area contributed by atoms with Gasteiger partial charge in [-0.05, 0) is 50.9 Å². The van der Waals surface area contributed by atoms with Gasteiger partial charge in [0.15, 0.2) is 0 Å². The van der Waals surface area contributed by atoms with E-state index in [0.717, 1.165) is 31.4 Å². The number of anilines is 2. The van der Waals surface area contributed by atoms with Crippen LogP contribution < -0.4 is 16.2 Å². The Balaban J connectivity index is 0.00000141. The van der Waals surface area contributed by atoms with Crippen molar-refractivity contribution < 1.29 is 14.0 Å². The van der Waals surface area contributed by atoms with Crippen LogP contribution in [0.5, 0.6) is 0 Å². The largest absolute Gasteiger partial charge is 0.352 e. The molecule has 32 heavy (non-hydrogen) atoms. The van der Waals surface area contributed by atoms with E-state index in [0.29, 0.717) is 6.54 Å². The van der Waals surface area contributed by atoms with E-state index in [-0.39, 0.29) is 34.4 Å². The molecule has 2 aromatic rings. The number of amides is 1. The molecule has 1 amide bonds. The minimum Gasteiger partial charge on any atom is -0.352 e. The lowest BCUT2D eigenvalue weighted by Crippen LogP contribution is -2.68. The summed E-state index contributed by atoms with van der Waals surface area (Å²) < 4.78 is 15.6. The number of hydrogen-bond acceptors (Lipinski definition) is 5. The maximum Gasteiger partial charge on any atom is 0.281 e. The Morgan fingerprint density at radius 1 is 1.25 bits per heavy atom. The molecule has 4 rings (SSSR count). The number of pyridine rings is 1. The Kier molecular flexibility index (Phi) is 7.36. The SMILES string of the molecule is CC.Cc1ccc(Nc2cc(=O)n(C)cc2C(=O)N2CC(C)(C3CCCCN3)O2)c(F)c1. The average molecular weight is 445 g/mol. The van der Waals surface area contributed by atoms with Gasteiger partial charge in [-0.25, -0.2) is 9.45 Å². The van der Waals surface area contributed by atoms with Crippen molar-refractivity contribution in [3.05, 3.63) is 57.8 Å². The van der Waals surface area contributed by atoms with E-state index in [2.05, 4.69) is 10.6 Å². The highest BCUT2D eigenvalue weighted by atomic mass is 19.1. The van der Waals surface area contributed by atoms with E-state index in [1.807, 2.05) is 20.8 Å². The number of nitrogens with one attached hydrogen (secondary N) is 2. The third-order valence-corrected chi connectivity index (χ3v) is 5.90. The molecule has 2 aliphatic heterocycles. The maximum atomic E-state index is 14.3. The Labute approximate surface area is 188 Å². The first-order valence-electron chi connectivity index (χ1n) is 11.2. The van der Waals surface area contributed by atoms with Crippen LogP contribution in [0, 0.1) is 12.7 Å². The third-order valence-electron chi connectivity index (χ3n) is 5.90. The van der Waals surface area contributed by atoms with E-state index in [1.54, 1.807) is 26.1 Å². The molecule has 0 aliphatic carbocycles. The summed E-state index contributed by atoms with van der Waals surface area (Å²) in [6.07, 6.45) is 4.76. The molecule has 3 heterocycles. The first-order chi connectivity index (χ1) is 15.3. The number of carbonyl (C=O) groups is 1. The summed E-state index contributed by atoms with van der Waals surface area (Å²) in [5, 5.41) is 7.68. The summed E-state index contributed by atoms with van der Waals surface area (Å²) in [6.45, 7) is 9.19. The number of halogens is 1. The number of benzene rings is 1. The Morgan fingerprint density at radius 3 is 2.59 bits per heavy atom. The van der Waals surface area contributed by atoms with E-state index in [9.17, 15) is 14.0 Å². The third kappa shape index (κ3) is 4.86. The summed E-state index contributed by atoms with van der Waals surface area (Å²) in [4.78, 5) is 31.2. The van der Waals surface area contributed by atoms with Crippen molar-refractivity contribution in [2.45, 2.75) is 58.6 Å². The molecule has 2 N–H and O–H groups in total. The molecule has 2 saturated heterocycles. The van der Waals surface area contributed by atoms with Gasteiger partial charge in [0.2, 0.25) is 0 Å². The second-order valence-electron chi connectivity index (χ2n) is 8.41. The fraction of sp³-hybridized carbons (Fsp3) is 0.500. The van der Waals surface area contributed by atoms with Gasteiger partial charge in [-0.1, -0.05) is 26.3 Å². The van der Waals surface area contributed by atoms with Crippen LogP contribution in [0.25, 0.3) is 0 Å². The molecule has 1 aromatic carbocycles. The molecule has 2 unspecified atom stereocenters. The molecule has 1 aromatic heterocycles. The van der Waals surface area contributed by atoms with E-state index >= 15 is 0 Å². The first-order valence-corrected chi connectivity index (χ1v) is 11.2. The summed E-state index contributed by atoms with van der Waals surface area (Å²) in [6, 6.07) is 6.24. The zero-order chi connectivity index (χ0) is 23.5. The van der Waals surface area contributed by atoms with Crippen LogP contribution in [0.1, 0.15) is 56.0 Å². The number of aryl methyl sites for hydroxylation is 2. The summed E-state index contributed by atoms with van der Waals surface area (Å²) in [5.74, 6) is -0.820. The summed E-state index contributed by atoms with van der Waals surface area (Å²) in [7, 11) is 1.57. The van der Waals surface area contributed by atoms with Crippen molar-refractivity contribution in [2.75, 3.05) is 18.4 Å². The zero-order valence-corrected chi connectivity index (χ0v) is 19.5. The van der Waals surface area contributed by atoms with Crippen molar-refractivity contribution >= 4 is 17.3 Å². The Bertz CT molecular complexity index is 1020. The predicted octanol–water partition coefficient (Wildman–Crippen LogP) is 3.89. The molecule has 0 saturated carbocycles. The number of aromatic nitrogens is 1. The fourth-order valence-electron chi connectivity index (χ4n) is 4.09. The normalized spacial score (nSPS) is 22.4. The van der Waals surface area contributed by atoms with Gasteiger partial charge in [-0.2, -0.15) is 0 Å². The second-order valence-corrected chi connectivity index (χ2v) is 8.41. The number of rotatable bonds is 4. The second kappa shape index (κ2) is 9.83. The van der Waals surface area contributed by atoms with Crippen LogP contribution in [0.2, 0.25) is 0 Å². The average Bonchev–Trinajstić information content (AvgIpc) is 2.77. The minimum atomic E-state index is -0.453. The highest BCUT2D eigenvalue weighted by Gasteiger charge is 2.49. The number of carbonyl (C=O) groups excluding carboxylic acids is 1. The van der Waals surface area contributed by atoms with Crippen molar-refractivity contribution in [1.82, 2.24) is 14.9 Å².